The number of hydrogen-bond acceptors (Lipinski definition) is 12. The molecular formula is C53H67N13O9S. The number of amides is 7. The van der Waals surface area contributed by atoms with Crippen LogP contribution in [0.2, 0.25) is 0 Å². The van der Waals surface area contributed by atoms with Crippen LogP contribution in [0.4, 0.5) is 0 Å². The molecule has 0 aliphatic rings. The van der Waals surface area contributed by atoms with Crippen molar-refractivity contribution < 1.29 is 43.5 Å². The summed E-state index contributed by atoms with van der Waals surface area (Å²) in [6.45, 7) is 1.36. The Morgan fingerprint density at radius 2 is 1.07 bits per heavy atom. The Labute approximate surface area is 443 Å². The van der Waals surface area contributed by atoms with Crippen molar-refractivity contribution in [3.63, 3.8) is 0 Å². The number of H-pyrrole nitrogens is 3. The van der Waals surface area contributed by atoms with Gasteiger partial charge < -0.3 is 68.7 Å². The molecule has 0 bridgehead atoms. The van der Waals surface area contributed by atoms with E-state index in [1.54, 1.807) is 42.7 Å². The zero-order valence-corrected chi connectivity index (χ0v) is 43.2. The van der Waals surface area contributed by atoms with E-state index in [1.165, 1.54) is 31.2 Å². The Morgan fingerprint density at radius 3 is 1.63 bits per heavy atom. The summed E-state index contributed by atoms with van der Waals surface area (Å²) in [4.78, 5) is 123. The summed E-state index contributed by atoms with van der Waals surface area (Å²) < 4.78 is 0. The van der Waals surface area contributed by atoms with Crippen LogP contribution < -0.4 is 48.7 Å². The number of unbranched alkanes of at least 4 members (excludes halogenated alkanes) is 1. The topological polar surface area (TPSA) is 353 Å². The summed E-state index contributed by atoms with van der Waals surface area (Å²) in [5.41, 5.74) is 15.3. The van der Waals surface area contributed by atoms with Crippen molar-refractivity contribution in [1.82, 2.24) is 57.2 Å². The molecule has 0 aliphatic heterocycles. The first-order valence-corrected chi connectivity index (χ1v) is 26.4. The second-order valence-corrected chi connectivity index (χ2v) is 19.3. The average Bonchev–Trinajstić information content (AvgIpc) is 4.20. The number of para-hydroxylation sites is 2. The minimum atomic E-state index is -1.38. The van der Waals surface area contributed by atoms with Crippen LogP contribution in [0.3, 0.4) is 0 Å². The number of thioether (sulfide) groups is 1. The van der Waals surface area contributed by atoms with E-state index >= 15 is 0 Å². The zero-order chi connectivity index (χ0) is 54.6. The molecule has 23 heteroatoms. The van der Waals surface area contributed by atoms with E-state index < -0.39 is 89.6 Å². The summed E-state index contributed by atoms with van der Waals surface area (Å²) in [6, 6.07) is 14.7. The summed E-state index contributed by atoms with van der Waals surface area (Å²) >= 11 is 1.46. The van der Waals surface area contributed by atoms with E-state index in [1.807, 2.05) is 54.8 Å². The monoisotopic (exact) mass is 1060 g/mol. The van der Waals surface area contributed by atoms with Crippen LogP contribution in [-0.4, -0.2) is 140 Å². The van der Waals surface area contributed by atoms with Gasteiger partial charge in [0.05, 0.1) is 12.9 Å². The molecule has 3 aromatic carbocycles. The predicted octanol–water partition coefficient (Wildman–Crippen LogP) is 0.982. The molecule has 0 aliphatic carbocycles. The minimum Gasteiger partial charge on any atom is -0.480 e. The fourth-order valence-electron chi connectivity index (χ4n) is 8.62. The summed E-state index contributed by atoms with van der Waals surface area (Å²) in [5, 5.41) is 30.8. The number of fused-ring (bicyclic) bond motifs is 2. The summed E-state index contributed by atoms with van der Waals surface area (Å²) in [7, 11) is 0. The van der Waals surface area contributed by atoms with Gasteiger partial charge in [0.15, 0.2) is 0 Å². The Kier molecular flexibility index (Phi) is 21.5. The Balaban J connectivity index is 1.25. The quantitative estimate of drug-likeness (QED) is 0.0280. The third-order valence-electron chi connectivity index (χ3n) is 12.8. The van der Waals surface area contributed by atoms with Crippen LogP contribution in [-0.2, 0) is 64.0 Å². The molecule has 0 saturated heterocycles. The Hall–Kier alpha value is -8.02. The first-order valence-electron chi connectivity index (χ1n) is 25.0. The van der Waals surface area contributed by atoms with Crippen molar-refractivity contribution in [2.24, 2.45) is 11.5 Å². The number of aliphatic carboxylic acids is 1. The molecule has 404 valence electrons. The molecule has 7 amide bonds. The summed E-state index contributed by atoms with van der Waals surface area (Å²) in [6.07, 6.45) is 8.97. The molecule has 76 heavy (non-hydrogen) atoms. The lowest BCUT2D eigenvalue weighted by Crippen LogP contribution is -2.60. The third-order valence-corrected chi connectivity index (χ3v) is 13.4. The van der Waals surface area contributed by atoms with Gasteiger partial charge in [-0.15, -0.1) is 0 Å². The highest BCUT2D eigenvalue weighted by Gasteiger charge is 2.34. The fourth-order valence-corrected chi connectivity index (χ4v) is 9.09. The largest absolute Gasteiger partial charge is 0.480 e. The number of carboxylic acids is 1. The molecule has 0 saturated carbocycles. The second-order valence-electron chi connectivity index (χ2n) is 18.4. The number of carboxylic acid groups (broad SMARTS) is 1. The van der Waals surface area contributed by atoms with Crippen molar-refractivity contribution in [2.45, 2.75) is 101 Å². The smallest absolute Gasteiger partial charge is 0.326 e. The number of aromatic amines is 3. The fraction of sp³-hybridized carbons (Fsp3) is 0.377. The standard InChI is InChI=1S/C53H67N13O9S/c1-31(60-48(69)41(19-21-76-2)61-46(67)26-55)47(68)63-44(25-35-29-56-30-59-35)52(73)65-43(23-33-27-57-38-16-8-6-14-36(33)38)51(72)62-40(18-10-11-20-54)49(70)64-42(22-32-12-4-3-5-13-32)50(71)66-45(53(74)75)24-34-28-58-39-17-9-7-15-37(34)39/h3-9,12-17,27-31,40-45,57-58H,10-11,18-26,54-55H2,1-2H3,(H,56,59)(H,60,69)(H,61,67)(H,62,72)(H,63,68)(H,64,70)(H,65,73)(H,66,71)(H,74,75)/t31-,40+,41-,42-,43+,44-,45+/m0/s1. The lowest BCUT2D eigenvalue weighted by molar-refractivity contribution is -0.142. The van der Waals surface area contributed by atoms with Gasteiger partial charge in [-0.05, 0) is 80.0 Å². The number of nitrogens with one attached hydrogen (secondary N) is 10. The van der Waals surface area contributed by atoms with Crippen molar-refractivity contribution in [3.8, 4) is 0 Å². The van der Waals surface area contributed by atoms with E-state index in [-0.39, 0.29) is 51.6 Å². The second kappa shape index (κ2) is 28.6. The van der Waals surface area contributed by atoms with Gasteiger partial charge in [0.2, 0.25) is 41.4 Å². The van der Waals surface area contributed by atoms with Gasteiger partial charge in [0.1, 0.15) is 42.3 Å². The highest BCUT2D eigenvalue weighted by molar-refractivity contribution is 7.98. The number of benzene rings is 3. The van der Waals surface area contributed by atoms with E-state index in [0.717, 1.165) is 21.8 Å². The van der Waals surface area contributed by atoms with Crippen LogP contribution in [0.5, 0.6) is 0 Å². The van der Waals surface area contributed by atoms with E-state index in [9.17, 15) is 43.5 Å². The molecule has 0 spiro atoms. The molecule has 6 rings (SSSR count). The molecule has 15 N–H and O–H groups in total. The molecule has 3 aromatic heterocycles. The van der Waals surface area contributed by atoms with Crippen LogP contribution in [0.25, 0.3) is 21.8 Å². The maximum atomic E-state index is 14.8. The number of aromatic nitrogens is 4. The van der Waals surface area contributed by atoms with Gasteiger partial charge in [-0.25, -0.2) is 9.78 Å². The van der Waals surface area contributed by atoms with Crippen molar-refractivity contribution in [3.05, 3.63) is 126 Å². The molecule has 0 unspecified atom stereocenters. The number of carbonyl (C=O) groups excluding carboxylic acids is 7. The number of rotatable bonds is 30. The molecule has 7 atom stereocenters. The van der Waals surface area contributed by atoms with Crippen LogP contribution >= 0.6 is 11.8 Å². The number of carbonyl (C=O) groups is 8. The Morgan fingerprint density at radius 1 is 0.566 bits per heavy atom. The first kappa shape index (κ1) is 57.3. The molecule has 6 aromatic rings. The molecule has 0 fully saturated rings. The highest BCUT2D eigenvalue weighted by Crippen LogP contribution is 2.21. The number of hydrogen-bond donors (Lipinski definition) is 13. The van der Waals surface area contributed by atoms with Gasteiger partial charge in [-0.3, -0.25) is 33.6 Å². The maximum Gasteiger partial charge on any atom is 0.326 e. The van der Waals surface area contributed by atoms with E-state index in [4.69, 9.17) is 11.5 Å². The zero-order valence-electron chi connectivity index (χ0n) is 42.4. The number of nitrogens with zero attached hydrogens (tertiary/aromatic N) is 1. The van der Waals surface area contributed by atoms with Gasteiger partial charge in [-0.1, -0.05) is 66.7 Å². The summed E-state index contributed by atoms with van der Waals surface area (Å²) in [5.74, 6) is -5.78. The maximum absolute atomic E-state index is 14.8. The first-order chi connectivity index (χ1) is 36.7. The van der Waals surface area contributed by atoms with E-state index in [0.29, 0.717) is 41.0 Å². The number of imidazole rings is 1. The van der Waals surface area contributed by atoms with Crippen LogP contribution in [0.15, 0.2) is 104 Å². The van der Waals surface area contributed by atoms with Gasteiger partial charge in [0, 0.05) is 71.8 Å². The normalized spacial score (nSPS) is 14.0. The minimum absolute atomic E-state index is 0.0320. The lowest BCUT2D eigenvalue weighted by atomic mass is 10.0. The van der Waals surface area contributed by atoms with Crippen LogP contribution in [0, 0.1) is 0 Å². The lowest BCUT2D eigenvalue weighted by Gasteiger charge is -2.27. The van der Waals surface area contributed by atoms with Gasteiger partial charge in [-0.2, -0.15) is 11.8 Å². The molecule has 3 heterocycles. The van der Waals surface area contributed by atoms with Gasteiger partial charge >= 0.3 is 5.97 Å². The average molecular weight is 1060 g/mol. The molecule has 22 nitrogen and oxygen atoms in total. The van der Waals surface area contributed by atoms with Crippen molar-refractivity contribution in [2.75, 3.05) is 25.1 Å². The number of nitrogens with two attached hydrogens (primary N) is 2. The predicted molar refractivity (Wildman–Crippen MR) is 288 cm³/mol. The third kappa shape index (κ3) is 16.5. The van der Waals surface area contributed by atoms with Crippen molar-refractivity contribution >= 4 is 80.9 Å². The molecule has 0 radical (unpaired) electrons. The van der Waals surface area contributed by atoms with E-state index in [2.05, 4.69) is 57.2 Å². The van der Waals surface area contributed by atoms with Crippen molar-refractivity contribution in [1.29, 1.82) is 0 Å². The molecular weight excluding hydrogens is 995 g/mol. The van der Waals surface area contributed by atoms with Gasteiger partial charge in [0.25, 0.3) is 0 Å². The highest BCUT2D eigenvalue weighted by atomic mass is 32.2. The SMILES string of the molecule is CSCC[C@H](NC(=O)CN)C(=O)N[C@@H](C)C(=O)N[C@@H](Cc1cnc[nH]1)C(=O)N[C@H](Cc1c[nH]c2ccccc12)C(=O)N[C@H](CCCCN)C(=O)N[C@@H](Cc1ccccc1)C(=O)N[C@H](Cc1c[nH]c2ccccc12)C(=O)O. The Bertz CT molecular complexity index is 2910. The van der Waals surface area contributed by atoms with Crippen LogP contribution in [0.1, 0.15) is 55.0 Å².